The molecule has 29 heavy (non-hydrogen) atoms. The smallest absolute Gasteiger partial charge is 0.255 e. The number of H-pyrrole nitrogens is 1. The molecule has 156 valence electrons. The second kappa shape index (κ2) is 8.10. The quantitative estimate of drug-likeness (QED) is 0.841. The Hall–Kier alpha value is -2.48. The number of carbonyl (C=O) groups is 1. The zero-order valence-corrected chi connectivity index (χ0v) is 17.6. The minimum atomic E-state index is -0.0236. The van der Waals surface area contributed by atoms with Crippen LogP contribution in [-0.4, -0.2) is 62.1 Å². The third kappa shape index (κ3) is 4.27. The highest BCUT2D eigenvalue weighted by Crippen LogP contribution is 2.25. The van der Waals surface area contributed by atoms with E-state index < -0.39 is 0 Å². The predicted molar refractivity (Wildman–Crippen MR) is 110 cm³/mol. The number of hydrogen-bond acceptors (Lipinski definition) is 5. The Balaban J connectivity index is 1.43. The molecule has 0 bridgehead atoms. The monoisotopic (exact) mass is 398 g/mol. The van der Waals surface area contributed by atoms with Crippen LogP contribution in [0.5, 0.6) is 0 Å². The third-order valence-corrected chi connectivity index (χ3v) is 6.08. The maximum Gasteiger partial charge on any atom is 0.255 e. The zero-order chi connectivity index (χ0) is 20.5. The SMILES string of the molecule is Cc1cc(C)n(CCC(=O)N2CCCC(c3nc4c(c(=O)[nH]3)CN(C)CC4)C2)n1. The van der Waals surface area contributed by atoms with Crippen molar-refractivity contribution in [1.82, 2.24) is 29.5 Å². The maximum atomic E-state index is 12.8. The van der Waals surface area contributed by atoms with Crippen LogP contribution in [0.1, 0.15) is 53.7 Å². The number of piperidine rings is 1. The fraction of sp³-hybridized carbons (Fsp3) is 0.619. The Morgan fingerprint density at radius 3 is 2.90 bits per heavy atom. The lowest BCUT2D eigenvalue weighted by atomic mass is 9.96. The van der Waals surface area contributed by atoms with E-state index in [1.54, 1.807) is 0 Å². The van der Waals surface area contributed by atoms with Gasteiger partial charge >= 0.3 is 0 Å². The minimum Gasteiger partial charge on any atom is -0.342 e. The number of amides is 1. The number of aromatic nitrogens is 4. The van der Waals surface area contributed by atoms with Crippen LogP contribution in [0.15, 0.2) is 10.9 Å². The number of nitrogens with one attached hydrogen (secondary N) is 1. The summed E-state index contributed by atoms with van der Waals surface area (Å²) in [6.07, 6.45) is 3.12. The van der Waals surface area contributed by atoms with E-state index in [4.69, 9.17) is 4.98 Å². The molecule has 0 radical (unpaired) electrons. The summed E-state index contributed by atoms with van der Waals surface area (Å²) in [4.78, 5) is 37.2. The lowest BCUT2D eigenvalue weighted by Gasteiger charge is -2.33. The van der Waals surface area contributed by atoms with Crippen molar-refractivity contribution in [2.24, 2.45) is 0 Å². The maximum absolute atomic E-state index is 12.8. The summed E-state index contributed by atoms with van der Waals surface area (Å²) in [6.45, 7) is 7.54. The van der Waals surface area contributed by atoms with E-state index in [1.165, 1.54) is 0 Å². The minimum absolute atomic E-state index is 0.0236. The van der Waals surface area contributed by atoms with Crippen LogP contribution < -0.4 is 5.56 Å². The first-order chi connectivity index (χ1) is 13.9. The molecule has 2 aliphatic rings. The Morgan fingerprint density at radius 2 is 2.14 bits per heavy atom. The van der Waals surface area contributed by atoms with Gasteiger partial charge in [-0.1, -0.05) is 0 Å². The van der Waals surface area contributed by atoms with E-state index in [9.17, 15) is 9.59 Å². The van der Waals surface area contributed by atoms with Crippen molar-refractivity contribution in [2.75, 3.05) is 26.7 Å². The number of likely N-dealkylation sites (tertiary alicyclic amines) is 1. The van der Waals surface area contributed by atoms with Crippen molar-refractivity contribution in [3.8, 4) is 0 Å². The Bertz CT molecular complexity index is 963. The number of aromatic amines is 1. The summed E-state index contributed by atoms with van der Waals surface area (Å²) in [5.41, 5.74) is 3.74. The first-order valence-electron chi connectivity index (χ1n) is 10.5. The van der Waals surface area contributed by atoms with Gasteiger partial charge in [-0.15, -0.1) is 0 Å². The topological polar surface area (TPSA) is 87.1 Å². The van der Waals surface area contributed by atoms with Crippen molar-refractivity contribution in [1.29, 1.82) is 0 Å². The Morgan fingerprint density at radius 1 is 1.31 bits per heavy atom. The molecular weight excluding hydrogens is 368 g/mol. The molecule has 0 spiro atoms. The number of aryl methyl sites for hydroxylation is 3. The van der Waals surface area contributed by atoms with Crippen LogP contribution in [0.2, 0.25) is 0 Å². The molecule has 0 aliphatic carbocycles. The van der Waals surface area contributed by atoms with E-state index in [0.717, 1.165) is 60.8 Å². The van der Waals surface area contributed by atoms with Crippen LogP contribution in [0.25, 0.3) is 0 Å². The fourth-order valence-electron chi connectivity index (χ4n) is 4.46. The van der Waals surface area contributed by atoms with Gasteiger partial charge < -0.3 is 14.8 Å². The van der Waals surface area contributed by atoms with E-state index in [1.807, 2.05) is 36.5 Å². The van der Waals surface area contributed by atoms with Gasteiger partial charge in [0, 0.05) is 57.2 Å². The summed E-state index contributed by atoms with van der Waals surface area (Å²) in [5.74, 6) is 0.984. The van der Waals surface area contributed by atoms with Gasteiger partial charge in [-0.25, -0.2) is 4.98 Å². The summed E-state index contributed by atoms with van der Waals surface area (Å²) in [7, 11) is 2.02. The first kappa shape index (κ1) is 19.8. The third-order valence-electron chi connectivity index (χ3n) is 6.08. The van der Waals surface area contributed by atoms with E-state index in [-0.39, 0.29) is 17.4 Å². The summed E-state index contributed by atoms with van der Waals surface area (Å²) >= 11 is 0. The lowest BCUT2D eigenvalue weighted by molar-refractivity contribution is -0.132. The van der Waals surface area contributed by atoms with Crippen LogP contribution in [0.4, 0.5) is 0 Å². The Kier molecular flexibility index (Phi) is 5.54. The standard InChI is InChI=1S/C21H30N6O2/c1-14-11-15(2)27(24-14)10-7-19(28)26-8-4-5-16(12-26)20-22-18-6-9-25(3)13-17(18)21(29)23-20/h11,16H,4-10,12-13H2,1-3H3,(H,22,23,29). The van der Waals surface area contributed by atoms with E-state index in [0.29, 0.717) is 26.1 Å². The molecule has 1 fully saturated rings. The van der Waals surface area contributed by atoms with Gasteiger partial charge in [0.25, 0.3) is 5.56 Å². The van der Waals surface area contributed by atoms with Gasteiger partial charge in [0.2, 0.25) is 5.91 Å². The van der Waals surface area contributed by atoms with Crippen molar-refractivity contribution in [3.05, 3.63) is 44.9 Å². The predicted octanol–water partition coefficient (Wildman–Crippen LogP) is 1.37. The van der Waals surface area contributed by atoms with Crippen molar-refractivity contribution >= 4 is 5.91 Å². The van der Waals surface area contributed by atoms with E-state index in [2.05, 4.69) is 15.0 Å². The van der Waals surface area contributed by atoms with Crippen LogP contribution in [0.3, 0.4) is 0 Å². The number of fused-ring (bicyclic) bond motifs is 1. The molecule has 1 N–H and O–H groups in total. The van der Waals surface area contributed by atoms with Gasteiger partial charge in [0.1, 0.15) is 5.82 Å². The number of rotatable bonds is 4. The molecule has 0 aromatic carbocycles. The van der Waals surface area contributed by atoms with Gasteiger partial charge in [0.15, 0.2) is 0 Å². The molecule has 1 atom stereocenters. The molecular formula is C21H30N6O2. The molecule has 1 saturated heterocycles. The molecule has 1 amide bonds. The first-order valence-corrected chi connectivity index (χ1v) is 10.5. The average molecular weight is 399 g/mol. The number of carbonyl (C=O) groups excluding carboxylic acids is 1. The molecule has 4 heterocycles. The summed E-state index contributed by atoms with van der Waals surface area (Å²) < 4.78 is 1.90. The highest BCUT2D eigenvalue weighted by molar-refractivity contribution is 5.76. The van der Waals surface area contributed by atoms with Gasteiger partial charge in [-0.05, 0) is 39.8 Å². The number of hydrogen-bond donors (Lipinski definition) is 1. The Labute approximate surface area is 170 Å². The second-order valence-electron chi connectivity index (χ2n) is 8.44. The van der Waals surface area contributed by atoms with Gasteiger partial charge in [-0.2, -0.15) is 5.10 Å². The van der Waals surface area contributed by atoms with Crippen LogP contribution in [-0.2, 0) is 24.3 Å². The molecule has 1 unspecified atom stereocenters. The number of likely N-dealkylation sites (N-methyl/N-ethyl adjacent to an activating group) is 1. The van der Waals surface area contributed by atoms with Gasteiger partial charge in [0.05, 0.1) is 17.0 Å². The zero-order valence-electron chi connectivity index (χ0n) is 17.6. The van der Waals surface area contributed by atoms with Crippen molar-refractivity contribution in [2.45, 2.75) is 58.5 Å². The van der Waals surface area contributed by atoms with Gasteiger partial charge in [-0.3, -0.25) is 14.3 Å². The summed E-state index contributed by atoms with van der Waals surface area (Å²) in [5, 5.41) is 4.44. The van der Waals surface area contributed by atoms with Crippen LogP contribution >= 0.6 is 0 Å². The largest absolute Gasteiger partial charge is 0.342 e. The molecule has 8 nitrogen and oxygen atoms in total. The highest BCUT2D eigenvalue weighted by Gasteiger charge is 2.28. The van der Waals surface area contributed by atoms with E-state index >= 15 is 0 Å². The van der Waals surface area contributed by atoms with Crippen molar-refractivity contribution < 1.29 is 4.79 Å². The number of nitrogens with zero attached hydrogens (tertiary/aromatic N) is 5. The normalized spacial score (nSPS) is 20.0. The average Bonchev–Trinajstić information content (AvgIpc) is 3.03. The second-order valence-corrected chi connectivity index (χ2v) is 8.44. The molecule has 0 saturated carbocycles. The fourth-order valence-corrected chi connectivity index (χ4v) is 4.46. The molecule has 4 rings (SSSR count). The summed E-state index contributed by atoms with van der Waals surface area (Å²) in [6, 6.07) is 2.03. The lowest BCUT2D eigenvalue weighted by Crippen LogP contribution is -2.41. The molecule has 2 aromatic rings. The van der Waals surface area contributed by atoms with Crippen LogP contribution in [0, 0.1) is 13.8 Å². The van der Waals surface area contributed by atoms with Crippen molar-refractivity contribution in [3.63, 3.8) is 0 Å². The molecule has 8 heteroatoms. The highest BCUT2D eigenvalue weighted by atomic mass is 16.2. The molecule has 2 aliphatic heterocycles. The molecule has 2 aromatic heterocycles.